The van der Waals surface area contributed by atoms with Crippen LogP contribution in [0.3, 0.4) is 0 Å². The molecule has 0 aliphatic heterocycles. The van der Waals surface area contributed by atoms with Crippen molar-refractivity contribution in [1.29, 1.82) is 0 Å². The van der Waals surface area contributed by atoms with E-state index in [1.165, 1.54) is 0 Å². The normalized spacial score (nSPS) is 13.3. The number of carbonyl (C=O) groups is 2. The maximum absolute atomic E-state index is 12.8. The highest BCUT2D eigenvalue weighted by Crippen LogP contribution is 2.19. The minimum Gasteiger partial charge on any atom is -0.550 e. The van der Waals surface area contributed by atoms with Crippen LogP contribution in [0.1, 0.15) is 39.2 Å². The van der Waals surface area contributed by atoms with Crippen molar-refractivity contribution < 1.29 is 14.7 Å². The maximum Gasteiger partial charge on any atom is 0.329 e. The van der Waals surface area contributed by atoms with Crippen molar-refractivity contribution in [1.82, 2.24) is 14.9 Å². The number of aliphatic carboxylic acids is 1. The number of carbonyl (C=O) groups excluding carboxylic acids is 2. The minimum atomic E-state index is -1.19. The molecule has 0 saturated carbocycles. The number of nitrogens with one attached hydrogen (secondary N) is 2. The molecule has 0 aliphatic rings. The van der Waals surface area contributed by atoms with Gasteiger partial charge < -0.3 is 20.2 Å². The zero-order chi connectivity index (χ0) is 19.3. The fourth-order valence-electron chi connectivity index (χ4n) is 2.83. The van der Waals surface area contributed by atoms with E-state index in [1.807, 2.05) is 6.92 Å². The Morgan fingerprint density at radius 3 is 2.62 bits per heavy atom. The summed E-state index contributed by atoms with van der Waals surface area (Å²) in [5.41, 5.74) is -0.764. The van der Waals surface area contributed by atoms with Crippen molar-refractivity contribution in [2.24, 2.45) is 5.92 Å². The van der Waals surface area contributed by atoms with Crippen LogP contribution in [0.4, 0.5) is 0 Å². The molecule has 2 N–H and O–H groups in total. The molecule has 140 valence electrons. The number of carboxylic acid groups (broad SMARTS) is 1. The zero-order valence-electron chi connectivity index (χ0n) is 14.8. The van der Waals surface area contributed by atoms with Crippen LogP contribution in [0.2, 0.25) is 0 Å². The smallest absolute Gasteiger partial charge is 0.329 e. The summed E-state index contributed by atoms with van der Waals surface area (Å²) in [7, 11) is 0. The highest BCUT2D eigenvalue weighted by atomic mass is 16.4. The van der Waals surface area contributed by atoms with Crippen molar-refractivity contribution >= 4 is 22.8 Å². The number of fused-ring (bicyclic) bond motifs is 1. The van der Waals surface area contributed by atoms with Gasteiger partial charge in [0.1, 0.15) is 6.04 Å². The van der Waals surface area contributed by atoms with Crippen LogP contribution in [0, 0.1) is 5.92 Å². The van der Waals surface area contributed by atoms with E-state index in [0.717, 1.165) is 4.57 Å². The van der Waals surface area contributed by atoms with Crippen molar-refractivity contribution in [2.75, 3.05) is 6.54 Å². The standard InChI is InChI=1S/C18H23N3O5/c1-3-11(2)15(16(24)19-10-6-9-14(22)23)21-17(25)12-7-4-5-8-13(12)20-18(21)26/h4-5,7-8,11,15H,3,6,9-10H2,1-2H3,(H,19,24)(H,20,26)(H,22,23)/p-1/t11-,15-/m0/s1. The Morgan fingerprint density at radius 2 is 1.96 bits per heavy atom. The maximum atomic E-state index is 12.8. The molecule has 2 atom stereocenters. The second-order valence-electron chi connectivity index (χ2n) is 6.25. The first kappa shape index (κ1) is 19.4. The molecule has 0 unspecified atom stereocenters. The summed E-state index contributed by atoms with van der Waals surface area (Å²) in [4.78, 5) is 51.0. The van der Waals surface area contributed by atoms with Crippen molar-refractivity contribution in [3.63, 3.8) is 0 Å². The molecule has 0 aliphatic carbocycles. The van der Waals surface area contributed by atoms with Gasteiger partial charge in [-0.2, -0.15) is 0 Å². The van der Waals surface area contributed by atoms with Gasteiger partial charge in [0.15, 0.2) is 0 Å². The SMILES string of the molecule is CC[C@H](C)[C@@H](C(=O)NCCCC(=O)[O-])n1c(=O)[nH]c2ccccc2c1=O. The van der Waals surface area contributed by atoms with Crippen LogP contribution in [-0.2, 0) is 9.59 Å². The molecular formula is C18H22N3O5-. The molecule has 0 bridgehead atoms. The topological polar surface area (TPSA) is 124 Å². The first-order valence-electron chi connectivity index (χ1n) is 8.58. The molecule has 2 rings (SSSR count). The second kappa shape index (κ2) is 8.46. The van der Waals surface area contributed by atoms with E-state index in [2.05, 4.69) is 10.3 Å². The van der Waals surface area contributed by atoms with Gasteiger partial charge in [0.25, 0.3) is 5.56 Å². The molecule has 1 aromatic carbocycles. The number of para-hydroxylation sites is 1. The first-order valence-corrected chi connectivity index (χ1v) is 8.58. The van der Waals surface area contributed by atoms with Crippen LogP contribution in [0.15, 0.2) is 33.9 Å². The van der Waals surface area contributed by atoms with Crippen LogP contribution in [0.5, 0.6) is 0 Å². The number of aromatic amines is 1. The molecule has 8 heteroatoms. The lowest BCUT2D eigenvalue weighted by Crippen LogP contribution is -2.47. The lowest BCUT2D eigenvalue weighted by atomic mass is 9.97. The minimum absolute atomic E-state index is 0.125. The van der Waals surface area contributed by atoms with Gasteiger partial charge in [-0.1, -0.05) is 32.4 Å². The molecule has 0 fully saturated rings. The van der Waals surface area contributed by atoms with E-state index in [-0.39, 0.29) is 25.3 Å². The summed E-state index contributed by atoms with van der Waals surface area (Å²) < 4.78 is 0.949. The average Bonchev–Trinajstić information content (AvgIpc) is 2.61. The first-order chi connectivity index (χ1) is 12.4. The lowest BCUT2D eigenvalue weighted by molar-refractivity contribution is -0.305. The van der Waals surface area contributed by atoms with Crippen LogP contribution < -0.4 is 21.7 Å². The van der Waals surface area contributed by atoms with Gasteiger partial charge >= 0.3 is 5.69 Å². The van der Waals surface area contributed by atoms with Gasteiger partial charge in [0, 0.05) is 12.5 Å². The molecule has 8 nitrogen and oxygen atoms in total. The van der Waals surface area contributed by atoms with Crippen LogP contribution in [-0.4, -0.2) is 28.0 Å². The molecule has 1 aromatic heterocycles. The summed E-state index contributed by atoms with van der Waals surface area (Å²) in [5, 5.41) is 13.4. The van der Waals surface area contributed by atoms with E-state index < -0.39 is 29.2 Å². The summed E-state index contributed by atoms with van der Waals surface area (Å²) in [6.07, 6.45) is 0.616. The summed E-state index contributed by atoms with van der Waals surface area (Å²) >= 11 is 0. The Labute approximate surface area is 149 Å². The van der Waals surface area contributed by atoms with E-state index >= 15 is 0 Å². The Hall–Kier alpha value is -2.90. The molecule has 0 radical (unpaired) electrons. The van der Waals surface area contributed by atoms with Crippen molar-refractivity contribution in [3.8, 4) is 0 Å². The monoisotopic (exact) mass is 360 g/mol. The Bertz CT molecular complexity index is 915. The number of nitrogens with zero attached hydrogens (tertiary/aromatic N) is 1. The number of carboxylic acids is 1. The number of aromatic nitrogens is 2. The van der Waals surface area contributed by atoms with E-state index in [1.54, 1.807) is 31.2 Å². The number of rotatable bonds is 8. The number of hydrogen-bond donors (Lipinski definition) is 2. The summed E-state index contributed by atoms with van der Waals surface area (Å²) in [5.74, 6) is -1.95. The fourth-order valence-corrected chi connectivity index (χ4v) is 2.83. The molecule has 2 aromatic rings. The number of H-pyrrole nitrogens is 1. The largest absolute Gasteiger partial charge is 0.550 e. The highest BCUT2D eigenvalue weighted by molar-refractivity contribution is 5.82. The van der Waals surface area contributed by atoms with Gasteiger partial charge in [-0.3, -0.25) is 9.59 Å². The lowest BCUT2D eigenvalue weighted by Gasteiger charge is -2.24. The Morgan fingerprint density at radius 1 is 1.27 bits per heavy atom. The predicted molar refractivity (Wildman–Crippen MR) is 94.6 cm³/mol. The molecule has 0 saturated heterocycles. The van der Waals surface area contributed by atoms with Crippen molar-refractivity contribution in [3.05, 3.63) is 45.1 Å². The van der Waals surface area contributed by atoms with Gasteiger partial charge in [0.05, 0.1) is 10.9 Å². The van der Waals surface area contributed by atoms with E-state index in [0.29, 0.717) is 17.3 Å². The number of hydrogen-bond acceptors (Lipinski definition) is 5. The second-order valence-corrected chi connectivity index (χ2v) is 6.25. The van der Waals surface area contributed by atoms with Gasteiger partial charge in [0.2, 0.25) is 5.91 Å². The van der Waals surface area contributed by atoms with Gasteiger partial charge in [-0.25, -0.2) is 9.36 Å². The van der Waals surface area contributed by atoms with Gasteiger partial charge in [-0.05, 0) is 30.9 Å². The van der Waals surface area contributed by atoms with E-state index in [9.17, 15) is 24.3 Å². The predicted octanol–water partition coefficient (Wildman–Crippen LogP) is -0.0767. The average molecular weight is 360 g/mol. The third kappa shape index (κ3) is 4.19. The number of benzene rings is 1. The van der Waals surface area contributed by atoms with Crippen LogP contribution in [0.25, 0.3) is 10.9 Å². The summed E-state index contributed by atoms with van der Waals surface area (Å²) in [6, 6.07) is 5.63. The Balaban J connectivity index is 2.40. The third-order valence-corrected chi connectivity index (χ3v) is 4.42. The quantitative estimate of drug-likeness (QED) is 0.637. The zero-order valence-corrected chi connectivity index (χ0v) is 14.8. The summed E-state index contributed by atoms with van der Waals surface area (Å²) in [6.45, 7) is 3.77. The molecule has 26 heavy (non-hydrogen) atoms. The van der Waals surface area contributed by atoms with Crippen LogP contribution >= 0.6 is 0 Å². The van der Waals surface area contributed by atoms with Crippen molar-refractivity contribution in [2.45, 2.75) is 39.2 Å². The molecular weight excluding hydrogens is 338 g/mol. The Kier molecular flexibility index (Phi) is 6.32. The van der Waals surface area contributed by atoms with E-state index in [4.69, 9.17) is 0 Å². The molecule has 1 heterocycles. The molecule has 0 spiro atoms. The third-order valence-electron chi connectivity index (χ3n) is 4.42. The molecule has 1 amide bonds. The van der Waals surface area contributed by atoms with Gasteiger partial charge in [-0.15, -0.1) is 0 Å². The fraction of sp³-hybridized carbons (Fsp3) is 0.444. The number of amides is 1. The highest BCUT2D eigenvalue weighted by Gasteiger charge is 2.29.